The van der Waals surface area contributed by atoms with Gasteiger partial charge in [0.1, 0.15) is 22.8 Å². The number of hydrogen-bond donors (Lipinski definition) is 1. The third-order valence-corrected chi connectivity index (χ3v) is 5.31. The molecule has 0 atom stereocenters. The third-order valence-electron chi connectivity index (χ3n) is 4.27. The van der Waals surface area contributed by atoms with Crippen molar-refractivity contribution in [2.45, 2.75) is 13.0 Å². The molecule has 0 aliphatic carbocycles. The fourth-order valence-corrected chi connectivity index (χ4v) is 3.72. The summed E-state index contributed by atoms with van der Waals surface area (Å²) in [7, 11) is 0. The molecule has 156 valence electrons. The zero-order valence-corrected chi connectivity index (χ0v) is 16.1. The number of anilines is 1. The molecule has 0 fully saturated rings. The minimum Gasteiger partial charge on any atom is -0.415 e. The van der Waals surface area contributed by atoms with Crippen molar-refractivity contribution in [2.24, 2.45) is 0 Å². The Kier molecular flexibility index (Phi) is 4.54. The quantitative estimate of drug-likeness (QED) is 0.433. The van der Waals surface area contributed by atoms with Crippen LogP contribution < -0.4 is 5.73 Å². The van der Waals surface area contributed by atoms with Crippen LogP contribution in [0.1, 0.15) is 17.9 Å². The van der Waals surface area contributed by atoms with Crippen molar-refractivity contribution in [3.63, 3.8) is 0 Å². The largest absolute Gasteiger partial charge is 0.415 e. The van der Waals surface area contributed by atoms with Crippen LogP contribution in [0.15, 0.2) is 35.0 Å². The monoisotopic (exact) mass is 445 g/mol. The summed E-state index contributed by atoms with van der Waals surface area (Å²) in [6.07, 6.45) is -1.53. The fourth-order valence-electron chi connectivity index (χ4n) is 2.79. The van der Waals surface area contributed by atoms with Crippen molar-refractivity contribution in [3.05, 3.63) is 47.9 Å². The van der Waals surface area contributed by atoms with Gasteiger partial charge in [-0.15, -0.1) is 31.7 Å². The SMILES string of the molecule is Nc1ncnc2sc(-c3nnn(Cc4ccc(-c5nnc(C(F)F)o5)cc4F)n3)cc12. The predicted octanol–water partition coefficient (Wildman–Crippen LogP) is 3.10. The molecular weight excluding hydrogens is 435 g/mol. The molecule has 4 heterocycles. The van der Waals surface area contributed by atoms with Crippen molar-refractivity contribution in [2.75, 3.05) is 5.73 Å². The molecule has 0 aliphatic rings. The van der Waals surface area contributed by atoms with E-state index >= 15 is 0 Å². The number of nitrogens with zero attached hydrogens (tertiary/aromatic N) is 8. The number of halogens is 3. The van der Waals surface area contributed by atoms with Gasteiger partial charge in [-0.05, 0) is 23.4 Å². The van der Waals surface area contributed by atoms with Crippen LogP contribution >= 0.6 is 11.3 Å². The van der Waals surface area contributed by atoms with Gasteiger partial charge in [0, 0.05) is 11.1 Å². The minimum absolute atomic E-state index is 0.00191. The Hall–Kier alpha value is -3.94. The molecular formula is C17H10F3N9OS. The third kappa shape index (κ3) is 3.56. The van der Waals surface area contributed by atoms with Gasteiger partial charge in [-0.2, -0.15) is 13.6 Å². The van der Waals surface area contributed by atoms with E-state index in [1.54, 1.807) is 6.07 Å². The molecule has 0 saturated heterocycles. The Morgan fingerprint density at radius 1 is 1.13 bits per heavy atom. The second-order valence-electron chi connectivity index (χ2n) is 6.28. The van der Waals surface area contributed by atoms with E-state index in [0.29, 0.717) is 26.7 Å². The van der Waals surface area contributed by atoms with Crippen LogP contribution in [0.4, 0.5) is 19.0 Å². The van der Waals surface area contributed by atoms with Crippen LogP contribution in [0.5, 0.6) is 0 Å². The van der Waals surface area contributed by atoms with Crippen LogP contribution in [-0.4, -0.2) is 40.4 Å². The normalized spacial score (nSPS) is 11.6. The van der Waals surface area contributed by atoms with Crippen LogP contribution in [0.3, 0.4) is 0 Å². The number of thiophene rings is 1. The summed E-state index contributed by atoms with van der Waals surface area (Å²) in [5, 5.41) is 19.6. The molecule has 0 spiro atoms. The second kappa shape index (κ2) is 7.39. The van der Waals surface area contributed by atoms with E-state index in [-0.39, 0.29) is 23.6 Å². The summed E-state index contributed by atoms with van der Waals surface area (Å²) in [5.74, 6) is -0.950. The van der Waals surface area contributed by atoms with Crippen LogP contribution in [0, 0.1) is 5.82 Å². The van der Waals surface area contributed by atoms with Gasteiger partial charge in [0.25, 0.3) is 5.89 Å². The lowest BCUT2D eigenvalue weighted by Gasteiger charge is -2.03. The molecule has 0 saturated carbocycles. The van der Waals surface area contributed by atoms with Crippen molar-refractivity contribution >= 4 is 27.4 Å². The molecule has 0 unspecified atom stereocenters. The molecule has 2 N–H and O–H groups in total. The molecule has 5 rings (SSSR count). The molecule has 14 heteroatoms. The zero-order chi connectivity index (χ0) is 21.5. The van der Waals surface area contributed by atoms with Crippen LogP contribution in [0.2, 0.25) is 0 Å². The van der Waals surface area contributed by atoms with E-state index in [4.69, 9.17) is 10.2 Å². The van der Waals surface area contributed by atoms with Gasteiger partial charge >= 0.3 is 6.43 Å². The summed E-state index contributed by atoms with van der Waals surface area (Å²) >= 11 is 1.33. The molecule has 0 bridgehead atoms. The second-order valence-corrected chi connectivity index (χ2v) is 7.31. The first-order valence-corrected chi connectivity index (χ1v) is 9.48. The number of nitrogens with two attached hydrogens (primary N) is 1. The summed E-state index contributed by atoms with van der Waals surface area (Å²) in [4.78, 5) is 10.7. The smallest absolute Gasteiger partial charge is 0.314 e. The highest BCUT2D eigenvalue weighted by Gasteiger charge is 2.18. The number of hydrogen-bond acceptors (Lipinski definition) is 10. The Labute approximate surface area is 174 Å². The van der Waals surface area contributed by atoms with Crippen molar-refractivity contribution in [1.29, 1.82) is 0 Å². The van der Waals surface area contributed by atoms with Gasteiger partial charge in [0.05, 0.1) is 16.8 Å². The Balaban J connectivity index is 1.37. The van der Waals surface area contributed by atoms with E-state index in [9.17, 15) is 13.2 Å². The predicted molar refractivity (Wildman–Crippen MR) is 102 cm³/mol. The summed E-state index contributed by atoms with van der Waals surface area (Å²) in [6.45, 7) is -0.00191. The highest BCUT2D eigenvalue weighted by Crippen LogP contribution is 2.32. The average Bonchev–Trinajstić information content (AvgIpc) is 3.49. The molecule has 0 radical (unpaired) electrons. The number of alkyl halides is 2. The van der Waals surface area contributed by atoms with Gasteiger partial charge in [0.15, 0.2) is 0 Å². The molecule has 31 heavy (non-hydrogen) atoms. The highest BCUT2D eigenvalue weighted by atomic mass is 32.1. The first-order chi connectivity index (χ1) is 15.0. The molecule has 5 aromatic rings. The van der Waals surface area contributed by atoms with E-state index < -0.39 is 18.1 Å². The molecule has 1 aromatic carbocycles. The number of tetrazole rings is 1. The van der Waals surface area contributed by atoms with Crippen LogP contribution in [-0.2, 0) is 6.54 Å². The summed E-state index contributed by atoms with van der Waals surface area (Å²) in [6, 6.07) is 5.82. The fraction of sp³-hybridized carbons (Fsp3) is 0.118. The number of nitrogen functional groups attached to an aromatic ring is 1. The topological polar surface area (TPSA) is 134 Å². The van der Waals surface area contributed by atoms with E-state index in [2.05, 4.69) is 35.6 Å². The average molecular weight is 445 g/mol. The molecule has 4 aromatic heterocycles. The van der Waals surface area contributed by atoms with Crippen molar-refractivity contribution in [1.82, 2.24) is 40.4 Å². The lowest BCUT2D eigenvalue weighted by Crippen LogP contribution is -2.06. The van der Waals surface area contributed by atoms with Gasteiger partial charge in [-0.3, -0.25) is 0 Å². The maximum Gasteiger partial charge on any atom is 0.314 e. The Morgan fingerprint density at radius 2 is 2.00 bits per heavy atom. The number of aromatic nitrogens is 8. The number of fused-ring (bicyclic) bond motifs is 1. The maximum absolute atomic E-state index is 14.5. The minimum atomic E-state index is -2.90. The van der Waals surface area contributed by atoms with Gasteiger partial charge < -0.3 is 10.2 Å². The van der Waals surface area contributed by atoms with E-state index in [1.807, 2.05) is 0 Å². The van der Waals surface area contributed by atoms with Gasteiger partial charge in [0.2, 0.25) is 11.7 Å². The Bertz CT molecular complexity index is 1400. The van der Waals surface area contributed by atoms with E-state index in [0.717, 1.165) is 6.07 Å². The van der Waals surface area contributed by atoms with Crippen molar-refractivity contribution < 1.29 is 17.6 Å². The maximum atomic E-state index is 14.5. The van der Waals surface area contributed by atoms with Crippen molar-refractivity contribution in [3.8, 4) is 22.2 Å². The van der Waals surface area contributed by atoms with E-state index in [1.165, 1.54) is 34.6 Å². The highest BCUT2D eigenvalue weighted by molar-refractivity contribution is 7.21. The van der Waals surface area contributed by atoms with Gasteiger partial charge in [-0.25, -0.2) is 14.4 Å². The summed E-state index contributed by atoms with van der Waals surface area (Å²) in [5.41, 5.74) is 6.28. The lowest BCUT2D eigenvalue weighted by molar-refractivity contribution is 0.116. The first-order valence-electron chi connectivity index (χ1n) is 8.66. The summed E-state index contributed by atoms with van der Waals surface area (Å²) < 4.78 is 44.5. The Morgan fingerprint density at radius 3 is 2.74 bits per heavy atom. The standard InChI is InChI=1S/C17H10F3N9OS/c18-10-3-7(15-25-26-16(30-15)12(19)20)1-2-8(10)5-29-27-14(24-28-29)11-4-9-13(21)22-6-23-17(9)31-11/h1-4,6,12H,5H2,(H2,21,22,23). The number of benzene rings is 1. The molecule has 10 nitrogen and oxygen atoms in total. The van der Waals surface area contributed by atoms with Gasteiger partial charge in [-0.1, -0.05) is 6.07 Å². The zero-order valence-electron chi connectivity index (χ0n) is 15.3. The lowest BCUT2D eigenvalue weighted by atomic mass is 10.1. The van der Waals surface area contributed by atoms with Crippen LogP contribution in [0.25, 0.3) is 32.4 Å². The molecule has 0 aliphatic heterocycles. The molecule has 0 amide bonds. The number of rotatable bonds is 5. The first kappa shape index (κ1) is 19.0.